The Kier molecular flexibility index (Phi) is 5.04. The maximum absolute atomic E-state index is 12.6. The predicted molar refractivity (Wildman–Crippen MR) is 81.8 cm³/mol. The van der Waals surface area contributed by atoms with Crippen molar-refractivity contribution >= 4 is 5.91 Å². The summed E-state index contributed by atoms with van der Waals surface area (Å²) in [4.78, 5) is 17.3. The van der Waals surface area contributed by atoms with Gasteiger partial charge in [0, 0.05) is 44.8 Å². The largest absolute Gasteiger partial charge is 0.352 e. The van der Waals surface area contributed by atoms with Crippen LogP contribution in [-0.4, -0.2) is 73.1 Å². The second kappa shape index (κ2) is 6.41. The van der Waals surface area contributed by atoms with E-state index in [-0.39, 0.29) is 5.91 Å². The molecular formula is C15H30N4O. The summed E-state index contributed by atoms with van der Waals surface area (Å²) in [7, 11) is 2.16. The zero-order valence-electron chi connectivity index (χ0n) is 13.4. The van der Waals surface area contributed by atoms with Gasteiger partial charge in [-0.25, -0.2) is 0 Å². The lowest BCUT2D eigenvalue weighted by atomic mass is 9.95. The molecule has 20 heavy (non-hydrogen) atoms. The minimum Gasteiger partial charge on any atom is -0.352 e. The maximum atomic E-state index is 12.6. The number of nitrogens with one attached hydrogen (secondary N) is 2. The molecule has 2 aliphatic heterocycles. The van der Waals surface area contributed by atoms with Crippen molar-refractivity contribution < 1.29 is 4.79 Å². The molecule has 2 unspecified atom stereocenters. The van der Waals surface area contributed by atoms with Crippen LogP contribution in [0.1, 0.15) is 33.6 Å². The third kappa shape index (κ3) is 3.51. The van der Waals surface area contributed by atoms with Crippen LogP contribution in [0.2, 0.25) is 0 Å². The van der Waals surface area contributed by atoms with E-state index in [0.29, 0.717) is 12.1 Å². The van der Waals surface area contributed by atoms with Crippen molar-refractivity contribution in [3.63, 3.8) is 0 Å². The van der Waals surface area contributed by atoms with Crippen LogP contribution in [0.15, 0.2) is 0 Å². The Balaban J connectivity index is 1.89. The minimum absolute atomic E-state index is 0.182. The molecule has 2 atom stereocenters. The molecule has 2 N–H and O–H groups in total. The first-order valence-corrected chi connectivity index (χ1v) is 7.88. The molecule has 116 valence electrons. The highest BCUT2D eigenvalue weighted by Gasteiger charge is 2.36. The first-order valence-electron chi connectivity index (χ1n) is 7.88. The maximum Gasteiger partial charge on any atom is 0.240 e. The standard InChI is InChI=1S/C15H30N4O/c1-12-11-13(5-8-18(12)4)17-14(20)15(2,3)19-9-6-16-7-10-19/h12-13,16H,5-11H2,1-4H3,(H,17,20). The molecule has 2 rings (SSSR count). The van der Waals surface area contributed by atoms with Crippen molar-refractivity contribution in [2.24, 2.45) is 0 Å². The molecule has 5 heteroatoms. The van der Waals surface area contributed by atoms with Gasteiger partial charge in [0.15, 0.2) is 0 Å². The summed E-state index contributed by atoms with van der Waals surface area (Å²) in [5, 5.41) is 6.62. The minimum atomic E-state index is -0.408. The van der Waals surface area contributed by atoms with E-state index in [4.69, 9.17) is 0 Å². The average Bonchev–Trinajstić information content (AvgIpc) is 2.44. The van der Waals surface area contributed by atoms with Crippen LogP contribution in [0.3, 0.4) is 0 Å². The molecule has 0 saturated carbocycles. The van der Waals surface area contributed by atoms with Gasteiger partial charge in [-0.3, -0.25) is 9.69 Å². The summed E-state index contributed by atoms with van der Waals surface area (Å²) in [5.74, 6) is 0.182. The van der Waals surface area contributed by atoms with Crippen molar-refractivity contribution in [2.45, 2.75) is 51.2 Å². The number of carbonyl (C=O) groups excluding carboxylic acids is 1. The Labute approximate surface area is 123 Å². The number of hydrogen-bond acceptors (Lipinski definition) is 4. The Bertz CT molecular complexity index is 339. The van der Waals surface area contributed by atoms with Gasteiger partial charge in [0.05, 0.1) is 5.54 Å². The third-order valence-corrected chi connectivity index (χ3v) is 5.01. The van der Waals surface area contributed by atoms with Gasteiger partial charge in [0.2, 0.25) is 5.91 Å². The summed E-state index contributed by atoms with van der Waals surface area (Å²) < 4.78 is 0. The summed E-state index contributed by atoms with van der Waals surface area (Å²) in [6, 6.07) is 0.882. The van der Waals surface area contributed by atoms with Crippen molar-refractivity contribution in [3.8, 4) is 0 Å². The Morgan fingerprint density at radius 1 is 1.25 bits per heavy atom. The monoisotopic (exact) mass is 282 g/mol. The lowest BCUT2D eigenvalue weighted by molar-refractivity contribution is -0.133. The molecule has 0 aromatic rings. The first-order chi connectivity index (χ1) is 9.41. The number of rotatable bonds is 3. The summed E-state index contributed by atoms with van der Waals surface area (Å²) in [6.07, 6.45) is 2.12. The summed E-state index contributed by atoms with van der Waals surface area (Å²) in [6.45, 7) is 11.2. The van der Waals surface area contributed by atoms with E-state index in [1.165, 1.54) is 0 Å². The molecule has 0 aromatic heterocycles. The number of likely N-dealkylation sites (tertiary alicyclic amines) is 1. The quantitative estimate of drug-likeness (QED) is 0.780. The van der Waals surface area contributed by atoms with Gasteiger partial charge in [-0.1, -0.05) is 0 Å². The van der Waals surface area contributed by atoms with Crippen LogP contribution in [0, 0.1) is 0 Å². The van der Waals surface area contributed by atoms with E-state index in [0.717, 1.165) is 45.6 Å². The molecule has 2 aliphatic rings. The van der Waals surface area contributed by atoms with Crippen molar-refractivity contribution in [1.82, 2.24) is 20.4 Å². The summed E-state index contributed by atoms with van der Waals surface area (Å²) in [5.41, 5.74) is -0.408. The Hall–Kier alpha value is -0.650. The lowest BCUT2D eigenvalue weighted by Crippen LogP contribution is -2.61. The first kappa shape index (κ1) is 15.7. The van der Waals surface area contributed by atoms with Crippen LogP contribution in [-0.2, 0) is 4.79 Å². The van der Waals surface area contributed by atoms with E-state index in [9.17, 15) is 4.79 Å². The second-order valence-electron chi connectivity index (χ2n) is 6.82. The van der Waals surface area contributed by atoms with E-state index >= 15 is 0 Å². The van der Waals surface area contributed by atoms with Crippen LogP contribution in [0.5, 0.6) is 0 Å². The Morgan fingerprint density at radius 2 is 1.90 bits per heavy atom. The highest BCUT2D eigenvalue weighted by Crippen LogP contribution is 2.19. The van der Waals surface area contributed by atoms with Gasteiger partial charge in [0.25, 0.3) is 0 Å². The lowest BCUT2D eigenvalue weighted by Gasteiger charge is -2.42. The van der Waals surface area contributed by atoms with Crippen LogP contribution in [0.4, 0.5) is 0 Å². The zero-order chi connectivity index (χ0) is 14.8. The van der Waals surface area contributed by atoms with Crippen molar-refractivity contribution in [2.75, 3.05) is 39.8 Å². The summed E-state index contributed by atoms with van der Waals surface area (Å²) >= 11 is 0. The van der Waals surface area contributed by atoms with Gasteiger partial charge in [-0.05, 0) is 40.7 Å². The van der Waals surface area contributed by atoms with E-state index < -0.39 is 5.54 Å². The fraction of sp³-hybridized carbons (Fsp3) is 0.933. The number of amides is 1. The number of hydrogen-bond donors (Lipinski definition) is 2. The molecule has 0 radical (unpaired) electrons. The van der Waals surface area contributed by atoms with Crippen LogP contribution >= 0.6 is 0 Å². The smallest absolute Gasteiger partial charge is 0.240 e. The molecule has 2 heterocycles. The van der Waals surface area contributed by atoms with Gasteiger partial charge in [-0.15, -0.1) is 0 Å². The van der Waals surface area contributed by atoms with Gasteiger partial charge in [0.1, 0.15) is 0 Å². The number of piperazine rings is 1. The van der Waals surface area contributed by atoms with E-state index in [1.54, 1.807) is 0 Å². The van der Waals surface area contributed by atoms with Crippen molar-refractivity contribution in [1.29, 1.82) is 0 Å². The third-order valence-electron chi connectivity index (χ3n) is 5.01. The molecule has 0 aliphatic carbocycles. The second-order valence-corrected chi connectivity index (χ2v) is 6.82. The number of piperidine rings is 1. The fourth-order valence-electron chi connectivity index (χ4n) is 3.15. The number of nitrogens with zero attached hydrogens (tertiary/aromatic N) is 2. The molecule has 0 aromatic carbocycles. The van der Waals surface area contributed by atoms with Gasteiger partial charge < -0.3 is 15.5 Å². The molecule has 5 nitrogen and oxygen atoms in total. The topological polar surface area (TPSA) is 47.6 Å². The van der Waals surface area contributed by atoms with Gasteiger partial charge >= 0.3 is 0 Å². The fourth-order valence-corrected chi connectivity index (χ4v) is 3.15. The number of carbonyl (C=O) groups is 1. The molecule has 1 amide bonds. The zero-order valence-corrected chi connectivity index (χ0v) is 13.4. The molecule has 0 bridgehead atoms. The Morgan fingerprint density at radius 3 is 2.50 bits per heavy atom. The predicted octanol–water partition coefficient (Wildman–Crippen LogP) is 0.269. The molecule has 0 spiro atoms. The SMILES string of the molecule is CC1CC(NC(=O)C(C)(C)N2CCNCC2)CCN1C. The average molecular weight is 282 g/mol. The van der Waals surface area contributed by atoms with Crippen molar-refractivity contribution in [3.05, 3.63) is 0 Å². The van der Waals surface area contributed by atoms with E-state index in [2.05, 4.69) is 34.4 Å². The molecular weight excluding hydrogens is 252 g/mol. The van der Waals surface area contributed by atoms with Gasteiger partial charge in [-0.2, -0.15) is 0 Å². The van der Waals surface area contributed by atoms with Crippen LogP contribution < -0.4 is 10.6 Å². The molecule has 2 fully saturated rings. The van der Waals surface area contributed by atoms with Crippen LogP contribution in [0.25, 0.3) is 0 Å². The molecule has 2 saturated heterocycles. The highest BCUT2D eigenvalue weighted by atomic mass is 16.2. The highest BCUT2D eigenvalue weighted by molar-refractivity contribution is 5.85. The van der Waals surface area contributed by atoms with E-state index in [1.807, 2.05) is 13.8 Å². The normalized spacial score (nSPS) is 30.2.